The Bertz CT molecular complexity index is 1260. The number of aromatic amines is 1. The predicted octanol–water partition coefficient (Wildman–Crippen LogP) is 4.26. The summed E-state index contributed by atoms with van der Waals surface area (Å²) in [4.78, 5) is 43.5. The molecule has 0 saturated heterocycles. The molecule has 0 fully saturated rings. The number of nitriles is 1. The smallest absolute Gasteiger partial charge is 0.291 e. The summed E-state index contributed by atoms with van der Waals surface area (Å²) in [5.41, 5.74) is 0.764. The Labute approximate surface area is 189 Å². The van der Waals surface area contributed by atoms with Crippen LogP contribution in [0.15, 0.2) is 53.3 Å². The molecule has 9 heteroatoms. The number of benzene rings is 2. The lowest BCUT2D eigenvalue weighted by molar-refractivity contribution is -0.135. The van der Waals surface area contributed by atoms with E-state index in [-0.39, 0.29) is 29.5 Å². The molecule has 0 atom stereocenters. The Kier molecular flexibility index (Phi) is 7.03. The normalized spacial score (nSPS) is 10.5. The molecule has 0 aliphatic heterocycles. The monoisotopic (exact) mass is 449 g/mol. The van der Waals surface area contributed by atoms with Crippen LogP contribution in [0.25, 0.3) is 11.3 Å². The summed E-state index contributed by atoms with van der Waals surface area (Å²) in [7, 11) is 0. The predicted molar refractivity (Wildman–Crippen MR) is 123 cm³/mol. The number of anilines is 3. The molecule has 3 N–H and O–H groups in total. The molecule has 1 heterocycles. The summed E-state index contributed by atoms with van der Waals surface area (Å²) in [5.74, 6) is -1.05. The second kappa shape index (κ2) is 9.90. The van der Waals surface area contributed by atoms with E-state index in [2.05, 4.69) is 20.6 Å². The maximum atomic E-state index is 12.5. The van der Waals surface area contributed by atoms with E-state index in [9.17, 15) is 19.6 Å². The maximum Gasteiger partial charge on any atom is 0.291 e. The van der Waals surface area contributed by atoms with Crippen LogP contribution in [0, 0.1) is 17.2 Å². The van der Waals surface area contributed by atoms with Gasteiger partial charge in [-0.2, -0.15) is 5.26 Å². The van der Waals surface area contributed by atoms with E-state index >= 15 is 0 Å². The maximum absolute atomic E-state index is 12.5. The van der Waals surface area contributed by atoms with Crippen molar-refractivity contribution in [2.75, 3.05) is 10.6 Å². The molecular weight excluding hydrogens is 430 g/mol. The van der Waals surface area contributed by atoms with Gasteiger partial charge in [-0.1, -0.05) is 37.6 Å². The molecule has 0 radical (unpaired) electrons. The molecule has 32 heavy (non-hydrogen) atoms. The molecule has 0 saturated carbocycles. The first-order valence-corrected chi connectivity index (χ1v) is 10.2. The molecule has 0 bridgehead atoms. The number of nitrogens with zero attached hydrogens (tertiary/aromatic N) is 2. The van der Waals surface area contributed by atoms with Crippen LogP contribution in [0.4, 0.5) is 17.3 Å². The number of amides is 1. The van der Waals surface area contributed by atoms with Crippen molar-refractivity contribution >= 4 is 40.6 Å². The minimum atomic E-state index is -0.722. The Morgan fingerprint density at radius 2 is 1.88 bits per heavy atom. The van der Waals surface area contributed by atoms with E-state index in [4.69, 9.17) is 11.6 Å². The quantitative estimate of drug-likeness (QED) is 0.462. The number of rotatable bonds is 7. The molecule has 0 aliphatic carbocycles. The zero-order valence-corrected chi connectivity index (χ0v) is 18.2. The molecule has 2 aromatic carbocycles. The molecule has 3 aromatic rings. The van der Waals surface area contributed by atoms with Gasteiger partial charge in [-0.3, -0.25) is 19.4 Å². The van der Waals surface area contributed by atoms with Crippen molar-refractivity contribution in [3.63, 3.8) is 0 Å². The number of carbonyl (C=O) groups is 2. The van der Waals surface area contributed by atoms with Gasteiger partial charge in [0.05, 0.1) is 5.69 Å². The van der Waals surface area contributed by atoms with E-state index in [0.717, 1.165) is 0 Å². The van der Waals surface area contributed by atoms with Gasteiger partial charge in [0, 0.05) is 28.4 Å². The number of halogens is 1. The van der Waals surface area contributed by atoms with Gasteiger partial charge < -0.3 is 10.6 Å². The largest absolute Gasteiger partial charge is 0.326 e. The number of hydrogen-bond donors (Lipinski definition) is 3. The number of aromatic nitrogens is 2. The molecule has 0 spiro atoms. The van der Waals surface area contributed by atoms with E-state index in [1.165, 1.54) is 0 Å². The number of Topliss-reactive ketones (excluding diaryl/α,β-unsaturated/α-hetero) is 1. The van der Waals surface area contributed by atoms with Gasteiger partial charge in [0.2, 0.25) is 11.7 Å². The van der Waals surface area contributed by atoms with Crippen molar-refractivity contribution in [1.82, 2.24) is 9.97 Å². The first-order valence-electron chi connectivity index (χ1n) is 9.78. The molecule has 162 valence electrons. The van der Waals surface area contributed by atoms with Gasteiger partial charge in [0.25, 0.3) is 11.5 Å². The summed E-state index contributed by atoms with van der Waals surface area (Å²) in [6.45, 7) is 3.70. The lowest BCUT2D eigenvalue weighted by Crippen LogP contribution is -2.23. The van der Waals surface area contributed by atoms with Crippen LogP contribution in [-0.2, 0) is 9.59 Å². The molecular formula is C23H20ClN5O3. The fourth-order valence-corrected chi connectivity index (χ4v) is 3.05. The number of carbonyl (C=O) groups excluding carboxylic acids is 2. The van der Waals surface area contributed by atoms with Gasteiger partial charge >= 0.3 is 0 Å². The minimum absolute atomic E-state index is 0.0598. The first kappa shape index (κ1) is 22.7. The highest BCUT2D eigenvalue weighted by Crippen LogP contribution is 2.24. The fraction of sp³-hybridized carbons (Fsp3) is 0.174. The van der Waals surface area contributed by atoms with Crippen LogP contribution in [0.1, 0.15) is 25.8 Å². The summed E-state index contributed by atoms with van der Waals surface area (Å²) in [5, 5.41) is 15.6. The third-order valence-corrected chi connectivity index (χ3v) is 4.63. The third kappa shape index (κ3) is 5.59. The van der Waals surface area contributed by atoms with Crippen LogP contribution in [-0.4, -0.2) is 21.7 Å². The van der Waals surface area contributed by atoms with Crippen molar-refractivity contribution in [3.8, 4) is 17.3 Å². The lowest BCUT2D eigenvalue weighted by Gasteiger charge is -2.11. The number of ketones is 1. The van der Waals surface area contributed by atoms with Gasteiger partial charge in [0.15, 0.2) is 0 Å². The molecule has 3 rings (SSSR count). The second-order valence-corrected chi connectivity index (χ2v) is 7.87. The highest BCUT2D eigenvalue weighted by Gasteiger charge is 2.17. The van der Waals surface area contributed by atoms with Crippen molar-refractivity contribution in [2.45, 2.75) is 20.3 Å². The van der Waals surface area contributed by atoms with Crippen LogP contribution in [0.5, 0.6) is 0 Å². The van der Waals surface area contributed by atoms with Crippen molar-refractivity contribution < 1.29 is 9.59 Å². The molecule has 8 nitrogen and oxygen atoms in total. The SMILES string of the molecule is CC(C)CC(=O)C(=O)Nc1cccc(-c2nc(Nc3ccc(Cl)cc3)[nH]c(=O)c2C#N)c1. The Balaban J connectivity index is 1.93. The lowest BCUT2D eigenvalue weighted by atomic mass is 10.1. The van der Waals surface area contributed by atoms with Gasteiger partial charge in [-0.05, 0) is 42.3 Å². The van der Waals surface area contributed by atoms with Crippen LogP contribution >= 0.6 is 11.6 Å². The molecule has 1 amide bonds. The average Bonchev–Trinajstić information content (AvgIpc) is 2.74. The van der Waals surface area contributed by atoms with Crippen molar-refractivity contribution in [1.29, 1.82) is 5.26 Å². The highest BCUT2D eigenvalue weighted by molar-refractivity contribution is 6.40. The van der Waals surface area contributed by atoms with Crippen LogP contribution in [0.3, 0.4) is 0 Å². The molecule has 0 aliphatic rings. The van der Waals surface area contributed by atoms with E-state index in [1.807, 2.05) is 19.9 Å². The highest BCUT2D eigenvalue weighted by atomic mass is 35.5. The Hall–Kier alpha value is -3.96. The summed E-state index contributed by atoms with van der Waals surface area (Å²) in [6, 6.07) is 15.1. The molecule has 1 aromatic heterocycles. The van der Waals surface area contributed by atoms with Crippen LogP contribution in [0.2, 0.25) is 5.02 Å². The number of nitrogens with one attached hydrogen (secondary N) is 3. The first-order chi connectivity index (χ1) is 15.3. The standard InChI is InChI=1S/C23H20ClN5O3/c1-13(2)10-19(30)22(32)26-17-5-3-4-14(11-17)20-18(12-25)21(31)29-23(28-20)27-16-8-6-15(24)7-9-16/h3-9,11,13H,10H2,1-2H3,(H,26,32)(H2,27,28,29,31). The second-order valence-electron chi connectivity index (χ2n) is 7.44. The number of hydrogen-bond acceptors (Lipinski definition) is 6. The van der Waals surface area contributed by atoms with Gasteiger partial charge in [-0.25, -0.2) is 4.98 Å². The third-order valence-electron chi connectivity index (χ3n) is 4.38. The fourth-order valence-electron chi connectivity index (χ4n) is 2.92. The summed E-state index contributed by atoms with van der Waals surface area (Å²) >= 11 is 5.89. The zero-order chi connectivity index (χ0) is 23.3. The minimum Gasteiger partial charge on any atom is -0.326 e. The van der Waals surface area contributed by atoms with E-state index in [0.29, 0.717) is 22.0 Å². The van der Waals surface area contributed by atoms with E-state index < -0.39 is 17.2 Å². The molecule has 0 unspecified atom stereocenters. The topological polar surface area (TPSA) is 128 Å². The number of H-pyrrole nitrogens is 1. The van der Waals surface area contributed by atoms with Crippen molar-refractivity contribution in [2.24, 2.45) is 5.92 Å². The Morgan fingerprint density at radius 3 is 2.53 bits per heavy atom. The Morgan fingerprint density at radius 1 is 1.16 bits per heavy atom. The van der Waals surface area contributed by atoms with Gasteiger partial charge in [-0.15, -0.1) is 0 Å². The summed E-state index contributed by atoms with van der Waals surface area (Å²) in [6.07, 6.45) is 0.138. The average molecular weight is 450 g/mol. The van der Waals surface area contributed by atoms with Crippen LogP contribution < -0.4 is 16.2 Å². The van der Waals surface area contributed by atoms with Crippen molar-refractivity contribution in [3.05, 3.63) is 69.5 Å². The zero-order valence-electron chi connectivity index (χ0n) is 17.4. The summed E-state index contributed by atoms with van der Waals surface area (Å²) < 4.78 is 0. The van der Waals surface area contributed by atoms with Gasteiger partial charge in [0.1, 0.15) is 11.6 Å². The van der Waals surface area contributed by atoms with E-state index in [1.54, 1.807) is 48.5 Å².